The van der Waals surface area contributed by atoms with E-state index in [9.17, 15) is 52.7 Å². The van der Waals surface area contributed by atoms with Gasteiger partial charge in [-0.25, -0.2) is 9.55 Å². The van der Waals surface area contributed by atoms with Crippen molar-refractivity contribution in [2.45, 2.75) is 120 Å². The van der Waals surface area contributed by atoms with Crippen molar-refractivity contribution in [3.05, 3.63) is 191 Å². The van der Waals surface area contributed by atoms with E-state index in [4.69, 9.17) is 63.1 Å². The number of halogens is 5. The second kappa shape index (κ2) is 56.5. The summed E-state index contributed by atoms with van der Waals surface area (Å²) >= 11 is 20.1. The molecule has 11 aromatic rings. The van der Waals surface area contributed by atoms with Crippen molar-refractivity contribution in [2.24, 2.45) is 0 Å². The molecule has 0 atom stereocenters. The molecule has 0 bridgehead atoms. The lowest BCUT2D eigenvalue weighted by Gasteiger charge is -2.17. The minimum Gasteiger partial charge on any atom is -1.00 e. The third-order valence-corrected chi connectivity index (χ3v) is 25.6. The average Bonchev–Trinajstić information content (AvgIpc) is 1.58. The molecule has 7 aromatic carbocycles. The number of fused-ring (bicyclic) bond motifs is 8. The van der Waals surface area contributed by atoms with E-state index in [-0.39, 0.29) is 167 Å². The number of aryl methyl sites for hydroxylation is 4. The Kier molecular flexibility index (Phi) is 49.9. The number of thiocarbonyl (C=S) groups is 3. The number of carbonyl (C=O) groups excluding carboxylic acids is 8. The number of ether oxygens (including phenoxy) is 6. The van der Waals surface area contributed by atoms with Crippen LogP contribution in [-0.4, -0.2) is 206 Å². The molecule has 3 N–H and O–H groups in total. The van der Waals surface area contributed by atoms with Gasteiger partial charge < -0.3 is 142 Å². The number of thioether (sulfide) groups is 2. The molecule has 3 fully saturated rings. The van der Waals surface area contributed by atoms with E-state index >= 15 is 0 Å². The molecule has 702 valence electrons. The van der Waals surface area contributed by atoms with Gasteiger partial charge in [0.25, 0.3) is 68.2 Å². The molecule has 3 saturated heterocycles. The first-order valence-electron chi connectivity index (χ1n) is 39.0. The number of imidazole rings is 1. The lowest BCUT2D eigenvalue weighted by Crippen LogP contribution is -3.00. The molecule has 131 heavy (non-hydrogen) atoms. The number of para-hydroxylation sites is 7. The summed E-state index contributed by atoms with van der Waals surface area (Å²) in [6, 6.07) is 53.2. The van der Waals surface area contributed by atoms with Crippen LogP contribution in [0.5, 0.6) is 0 Å². The third-order valence-electron chi connectivity index (χ3n) is 20.3. The van der Waals surface area contributed by atoms with E-state index in [2.05, 4.69) is 162 Å². The predicted molar refractivity (Wildman–Crippen MR) is 489 cm³/mol. The van der Waals surface area contributed by atoms with Crippen molar-refractivity contribution in [3.8, 4) is 0 Å². The SMILES string of the molecule is CC1=[N+](CCOC=O)c2ccc3ccccc3c2C1(C)C.CC1=[N+](CCOC=O)c2ccccc2C1(C)C.CCn1c(C)[n+](COC=O)c2ccccc21.Cc1nc2ccccc2s1.Cc1oc2ccccc2[n+]1COC=O.Cc1sc2ccccc2[n+]1COC=O.O=C(O)CCN1C(=O)CSC1=S.O=C(O)CN1C(=O)COC1=S.O=C(O)CN1C(=O)CSC1=S.[Br-].[Br-].[Cl-].[I-].[I-]. The number of amides is 3. The number of carbonyl (C=O) groups is 11. The number of carboxylic acids is 3. The molecule has 5 aliphatic heterocycles. The van der Waals surface area contributed by atoms with E-state index in [0.29, 0.717) is 85.7 Å². The molecule has 3 amide bonds. The Hall–Kier alpha value is -9.49. The van der Waals surface area contributed by atoms with Crippen LogP contribution in [0.2, 0.25) is 0 Å². The van der Waals surface area contributed by atoms with Crippen LogP contribution in [0.25, 0.3) is 53.3 Å². The highest BCUT2D eigenvalue weighted by Crippen LogP contribution is 2.44. The van der Waals surface area contributed by atoms with Gasteiger partial charge in [-0.15, -0.1) is 20.5 Å². The molecular formula is C88H97Br2ClI2N10O21S7. The Balaban J connectivity index is 0.000000381. The first kappa shape index (κ1) is 116. The number of rotatable bonds is 25. The predicted octanol–water partition coefficient (Wildman–Crippen LogP) is -3.07. The molecule has 31 nitrogen and oxygen atoms in total. The number of oxazole rings is 1. The second-order valence-electron chi connectivity index (χ2n) is 28.6. The summed E-state index contributed by atoms with van der Waals surface area (Å²) < 4.78 is 49.8. The van der Waals surface area contributed by atoms with Gasteiger partial charge in [-0.2, -0.15) is 13.7 Å². The monoisotopic (exact) mass is 2300 g/mol. The zero-order valence-electron chi connectivity index (χ0n) is 72.9. The highest BCUT2D eigenvalue weighted by molar-refractivity contribution is 8.24. The molecule has 43 heteroatoms. The van der Waals surface area contributed by atoms with E-state index < -0.39 is 30.4 Å². The lowest BCUT2D eigenvalue weighted by molar-refractivity contribution is -0.713. The smallest absolute Gasteiger partial charge is 0.347 e. The molecule has 0 radical (unpaired) electrons. The molecule has 0 aliphatic carbocycles. The Morgan fingerprint density at radius 1 is 0.534 bits per heavy atom. The average molecular weight is 2300 g/mol. The van der Waals surface area contributed by atoms with Crippen LogP contribution in [0.4, 0.5) is 11.4 Å². The molecular weight excluding hydrogens is 2210 g/mol. The van der Waals surface area contributed by atoms with Crippen molar-refractivity contribution < 1.29 is 218 Å². The van der Waals surface area contributed by atoms with Gasteiger partial charge in [-0.1, -0.05) is 150 Å². The van der Waals surface area contributed by atoms with Crippen LogP contribution in [-0.2, 0) is 119 Å². The van der Waals surface area contributed by atoms with Crippen LogP contribution < -0.4 is 108 Å². The standard InChI is InChI=1S/C18H20NO2.C14H18NO2.C12H15N2O2.C10H10NO3.C10H10NO2S.C8H7NS.C6H7NO3S2.C5H5NO4S.C5H5NO3S2.2BrH.ClH.2HI/c1-13-18(2,3)17-15-7-5-4-6-14(15)8-9-16(17)19(13)10-11-21-12-20;1-11-14(2,3)12-6-4-5-7-13(12)15(11)8-9-17-10-16;1-3-13-10(2)14(8-16-9-15)12-7-5-4-6-11(12)13;2*1-8-11(6-13-7-12)9-4-2-3-5-10(9)14-8;1-6-9-7-4-2-3-5-8(7)10-6;8-4-3-12-6(11)7(4)2-1-5(9)10;7-3-2-10-5(11)6(3)1-4(8)9;7-3-2-11-5(10)6(3)1-4(8)9;;;;;/h4-9,12H,10-11H2,1-3H3;4-7,10H,8-9H2,1-3H3;4-7,9H,3,8H2,1-2H3;2*2-5,7H,6H2,1H3;2-5H,1H3;1-3H2,(H,9,10);2*1-2H2,(H,8,9);5*1H/q5*+1;;;;;;;;;/p-5. The molecule has 9 heterocycles. The molecule has 4 aromatic heterocycles. The second-order valence-corrected chi connectivity index (χ2v) is 34.6. The van der Waals surface area contributed by atoms with Gasteiger partial charge >= 0.3 is 23.8 Å². The van der Waals surface area contributed by atoms with E-state index in [1.54, 1.807) is 27.2 Å². The van der Waals surface area contributed by atoms with E-state index in [1.807, 2.05) is 122 Å². The highest BCUT2D eigenvalue weighted by atomic mass is 127. The lowest BCUT2D eigenvalue weighted by atomic mass is 9.80. The van der Waals surface area contributed by atoms with Gasteiger partial charge in [-0.3, -0.25) is 67.4 Å². The zero-order valence-corrected chi connectivity index (χ0v) is 86.9. The first-order valence-corrected chi connectivity index (χ1v) is 43.9. The zero-order chi connectivity index (χ0) is 92.0. The van der Waals surface area contributed by atoms with Gasteiger partial charge in [0.2, 0.25) is 46.0 Å². The fraction of sp³-hybridized carbons (Fsp3) is 0.318. The van der Waals surface area contributed by atoms with Crippen molar-refractivity contribution in [3.63, 3.8) is 0 Å². The Bertz CT molecular complexity index is 5740. The van der Waals surface area contributed by atoms with Crippen LogP contribution in [0.15, 0.2) is 162 Å². The summed E-state index contributed by atoms with van der Waals surface area (Å²) in [7, 11) is 0. The van der Waals surface area contributed by atoms with Crippen molar-refractivity contribution in [1.29, 1.82) is 0 Å². The maximum atomic E-state index is 11.0. The van der Waals surface area contributed by atoms with Gasteiger partial charge in [0.05, 0.1) is 57.4 Å². The van der Waals surface area contributed by atoms with Crippen LogP contribution in [0.3, 0.4) is 0 Å². The minimum atomic E-state index is -1.11. The summed E-state index contributed by atoms with van der Waals surface area (Å²) in [5.74, 6) is -1.36. The van der Waals surface area contributed by atoms with Crippen LogP contribution in [0.1, 0.15) is 87.7 Å². The normalized spacial score (nSPS) is 13.6. The third kappa shape index (κ3) is 31.0. The summed E-state index contributed by atoms with van der Waals surface area (Å²) in [5, 5.41) is 29.8. The fourth-order valence-electron chi connectivity index (χ4n) is 13.8. The van der Waals surface area contributed by atoms with Gasteiger partial charge in [-0.05, 0) is 107 Å². The largest absolute Gasteiger partial charge is 1.00 e. The fourth-order valence-corrected chi connectivity index (χ4v) is 18.0. The molecule has 0 spiro atoms. The quantitative estimate of drug-likeness (QED) is 0.0128. The van der Waals surface area contributed by atoms with Gasteiger partial charge in [0.15, 0.2) is 42.2 Å². The highest BCUT2D eigenvalue weighted by Gasteiger charge is 2.45. The number of thiazole rings is 2. The molecule has 16 rings (SSSR count). The minimum absolute atomic E-state index is 0. The van der Waals surface area contributed by atoms with Crippen LogP contribution in [0, 0.1) is 27.7 Å². The van der Waals surface area contributed by atoms with E-state index in [0.717, 1.165) is 65.4 Å². The molecule has 5 aliphatic rings. The van der Waals surface area contributed by atoms with Gasteiger partial charge in [0.1, 0.15) is 39.6 Å². The topological polar surface area (TPSA) is 362 Å². The number of benzene rings is 7. The maximum absolute atomic E-state index is 11.0. The Morgan fingerprint density at radius 2 is 1.03 bits per heavy atom. The summed E-state index contributed by atoms with van der Waals surface area (Å²) in [6.45, 7) is 28.8. The van der Waals surface area contributed by atoms with Crippen molar-refractivity contribution in [1.82, 2.24) is 24.3 Å². The number of aliphatic carboxylic acids is 3. The maximum Gasteiger partial charge on any atom is 0.347 e. The first-order chi connectivity index (χ1) is 60.3. The number of carboxylic acid groups (broad SMARTS) is 3. The Morgan fingerprint density at radius 3 is 1.59 bits per heavy atom. The van der Waals surface area contributed by atoms with Crippen LogP contribution >= 0.6 is 82.9 Å². The molecule has 0 unspecified atom stereocenters. The molecule has 0 saturated carbocycles. The van der Waals surface area contributed by atoms with Gasteiger partial charge in [0, 0.05) is 69.6 Å². The van der Waals surface area contributed by atoms with Crippen molar-refractivity contribution >= 4 is 241 Å². The summed E-state index contributed by atoms with van der Waals surface area (Å²) in [5.41, 5.74) is 14.0. The number of nitrogens with zero attached hydrogens (tertiary/aromatic N) is 10. The number of hydrogen-bond donors (Lipinski definition) is 3. The number of aromatic nitrogens is 5. The van der Waals surface area contributed by atoms with Crippen molar-refractivity contribution in [2.75, 3.05) is 64.1 Å². The number of hydrogen-bond acceptors (Lipinski definition) is 26. The Labute approximate surface area is 849 Å². The summed E-state index contributed by atoms with van der Waals surface area (Å²) in [4.78, 5) is 122. The van der Waals surface area contributed by atoms with E-state index in [1.165, 1.54) is 82.5 Å². The summed E-state index contributed by atoms with van der Waals surface area (Å²) in [6.07, 6.45) is -0.0492.